The van der Waals surface area contributed by atoms with E-state index in [0.717, 1.165) is 11.3 Å². The molecule has 0 aromatic heterocycles. The Balaban J connectivity index is 2.16. The van der Waals surface area contributed by atoms with E-state index in [1.165, 1.54) is 12.1 Å². The second-order valence-electron chi connectivity index (χ2n) is 4.29. The molecule has 0 bridgehead atoms. The Kier molecular flexibility index (Phi) is 5.19. The molecule has 0 unspecified atom stereocenters. The fourth-order valence-corrected chi connectivity index (χ4v) is 1.79. The van der Waals surface area contributed by atoms with Gasteiger partial charge >= 0.3 is 0 Å². The number of halogens is 1. The maximum Gasteiger partial charge on any atom is 0.138 e. The molecule has 0 aliphatic heterocycles. The van der Waals surface area contributed by atoms with Crippen LogP contribution in [0.15, 0.2) is 42.5 Å². The van der Waals surface area contributed by atoms with Crippen molar-refractivity contribution in [3.05, 3.63) is 59.4 Å². The van der Waals surface area contributed by atoms with Crippen LogP contribution in [0.1, 0.15) is 11.1 Å². The lowest BCUT2D eigenvalue weighted by atomic mass is 10.2. The highest BCUT2D eigenvalue weighted by Gasteiger charge is 2.05. The topological polar surface area (TPSA) is 44.5 Å². The molecule has 2 N–H and O–H groups in total. The molecule has 0 fully saturated rings. The summed E-state index contributed by atoms with van der Waals surface area (Å²) in [6, 6.07) is 11.7. The SMILES string of the molecule is COc1cccc(COc2cc(F)ccc2C#CCN)c1. The summed E-state index contributed by atoms with van der Waals surface area (Å²) in [5.41, 5.74) is 6.89. The summed E-state index contributed by atoms with van der Waals surface area (Å²) in [6.45, 7) is 0.546. The van der Waals surface area contributed by atoms with Gasteiger partial charge in [-0.1, -0.05) is 24.0 Å². The number of hydrogen-bond acceptors (Lipinski definition) is 3. The summed E-state index contributed by atoms with van der Waals surface area (Å²) in [4.78, 5) is 0. The van der Waals surface area contributed by atoms with E-state index in [-0.39, 0.29) is 12.4 Å². The van der Waals surface area contributed by atoms with Crippen molar-refractivity contribution in [2.45, 2.75) is 6.61 Å². The maximum atomic E-state index is 13.3. The van der Waals surface area contributed by atoms with Crippen LogP contribution in [-0.2, 0) is 6.61 Å². The molecule has 0 radical (unpaired) electrons. The van der Waals surface area contributed by atoms with Crippen LogP contribution in [0.2, 0.25) is 0 Å². The molecule has 4 heteroatoms. The Morgan fingerprint density at radius 3 is 2.81 bits per heavy atom. The smallest absolute Gasteiger partial charge is 0.138 e. The molecule has 2 rings (SSSR count). The Labute approximate surface area is 123 Å². The van der Waals surface area contributed by atoms with Crippen molar-refractivity contribution in [1.29, 1.82) is 0 Å². The molecule has 2 aromatic rings. The number of hydrogen-bond donors (Lipinski definition) is 1. The van der Waals surface area contributed by atoms with E-state index >= 15 is 0 Å². The van der Waals surface area contributed by atoms with E-state index < -0.39 is 0 Å². The molecule has 3 nitrogen and oxygen atoms in total. The van der Waals surface area contributed by atoms with Gasteiger partial charge in [0.2, 0.25) is 0 Å². The predicted octanol–water partition coefficient (Wildman–Crippen LogP) is 2.72. The van der Waals surface area contributed by atoms with Crippen LogP contribution in [0.4, 0.5) is 4.39 Å². The Bertz CT molecular complexity index is 674. The van der Waals surface area contributed by atoms with Gasteiger partial charge < -0.3 is 15.2 Å². The van der Waals surface area contributed by atoms with E-state index in [1.807, 2.05) is 24.3 Å². The minimum absolute atomic E-state index is 0.243. The highest BCUT2D eigenvalue weighted by molar-refractivity contribution is 5.46. The second-order valence-corrected chi connectivity index (χ2v) is 4.29. The van der Waals surface area contributed by atoms with E-state index in [2.05, 4.69) is 11.8 Å². The van der Waals surface area contributed by atoms with Crippen LogP contribution in [0.3, 0.4) is 0 Å². The predicted molar refractivity (Wildman–Crippen MR) is 79.7 cm³/mol. The zero-order valence-electron chi connectivity index (χ0n) is 11.7. The Morgan fingerprint density at radius 1 is 1.19 bits per heavy atom. The van der Waals surface area contributed by atoms with Crippen LogP contribution < -0.4 is 15.2 Å². The molecule has 0 atom stereocenters. The molecule has 108 valence electrons. The van der Waals surface area contributed by atoms with Gasteiger partial charge in [0.05, 0.1) is 19.2 Å². The molecule has 0 aliphatic rings. The molecule has 0 amide bonds. The number of nitrogens with two attached hydrogens (primary N) is 1. The fraction of sp³-hybridized carbons (Fsp3) is 0.176. The summed E-state index contributed by atoms with van der Waals surface area (Å²) in [6.07, 6.45) is 0. The van der Waals surface area contributed by atoms with Gasteiger partial charge in [-0.25, -0.2) is 4.39 Å². The third-order valence-corrected chi connectivity index (χ3v) is 2.80. The van der Waals surface area contributed by atoms with Crippen LogP contribution in [0, 0.1) is 17.7 Å². The summed E-state index contributed by atoms with van der Waals surface area (Å²) in [7, 11) is 1.60. The van der Waals surface area contributed by atoms with Gasteiger partial charge in [0.25, 0.3) is 0 Å². The third kappa shape index (κ3) is 4.23. The zero-order chi connectivity index (χ0) is 15.1. The number of methoxy groups -OCH3 is 1. The Morgan fingerprint density at radius 2 is 2.05 bits per heavy atom. The normalized spacial score (nSPS) is 9.67. The first-order chi connectivity index (χ1) is 10.2. The van der Waals surface area contributed by atoms with E-state index in [1.54, 1.807) is 13.2 Å². The first kappa shape index (κ1) is 14.9. The molecule has 0 saturated heterocycles. The summed E-state index contributed by atoms with van der Waals surface area (Å²) < 4.78 is 24.2. The summed E-state index contributed by atoms with van der Waals surface area (Å²) >= 11 is 0. The Hall–Kier alpha value is -2.51. The van der Waals surface area contributed by atoms with Crippen molar-refractivity contribution in [2.24, 2.45) is 5.73 Å². The van der Waals surface area contributed by atoms with Crippen LogP contribution in [0.5, 0.6) is 11.5 Å². The van der Waals surface area contributed by atoms with Crippen molar-refractivity contribution in [3.63, 3.8) is 0 Å². The van der Waals surface area contributed by atoms with Crippen LogP contribution in [-0.4, -0.2) is 13.7 Å². The molecular weight excluding hydrogens is 269 g/mol. The third-order valence-electron chi connectivity index (χ3n) is 2.80. The minimum atomic E-state index is -0.367. The molecule has 0 spiro atoms. The lowest BCUT2D eigenvalue weighted by Gasteiger charge is -2.09. The van der Waals surface area contributed by atoms with Gasteiger partial charge in [0.15, 0.2) is 0 Å². The molecule has 21 heavy (non-hydrogen) atoms. The molecule has 0 heterocycles. The van der Waals surface area contributed by atoms with Crippen LogP contribution in [0.25, 0.3) is 0 Å². The standard InChI is InChI=1S/C17H16FNO2/c1-20-16-6-2-4-13(10-16)12-21-17-11-15(18)8-7-14(17)5-3-9-19/h2,4,6-8,10-11H,9,12,19H2,1H3. The quantitative estimate of drug-likeness (QED) is 0.878. The van der Waals surface area contributed by atoms with Gasteiger partial charge in [0.1, 0.15) is 23.9 Å². The van der Waals surface area contributed by atoms with Gasteiger partial charge in [0, 0.05) is 6.07 Å². The van der Waals surface area contributed by atoms with Crippen molar-refractivity contribution < 1.29 is 13.9 Å². The lowest BCUT2D eigenvalue weighted by Crippen LogP contribution is -1.99. The van der Waals surface area contributed by atoms with Crippen LogP contribution >= 0.6 is 0 Å². The molecule has 2 aromatic carbocycles. The lowest BCUT2D eigenvalue weighted by molar-refractivity contribution is 0.303. The number of rotatable bonds is 4. The summed E-state index contributed by atoms with van der Waals surface area (Å²) in [5, 5.41) is 0. The second kappa shape index (κ2) is 7.32. The van der Waals surface area contributed by atoms with E-state index in [4.69, 9.17) is 15.2 Å². The highest BCUT2D eigenvalue weighted by Crippen LogP contribution is 2.21. The van der Waals surface area contributed by atoms with E-state index in [0.29, 0.717) is 17.9 Å². The molecule has 0 saturated carbocycles. The average Bonchev–Trinajstić information content (AvgIpc) is 2.52. The first-order valence-corrected chi connectivity index (χ1v) is 6.47. The van der Waals surface area contributed by atoms with Crippen molar-refractivity contribution in [3.8, 4) is 23.3 Å². The minimum Gasteiger partial charge on any atom is -0.497 e. The van der Waals surface area contributed by atoms with Gasteiger partial charge in [-0.15, -0.1) is 0 Å². The van der Waals surface area contributed by atoms with Gasteiger partial charge in [-0.3, -0.25) is 0 Å². The largest absolute Gasteiger partial charge is 0.497 e. The van der Waals surface area contributed by atoms with Gasteiger partial charge in [-0.2, -0.15) is 0 Å². The van der Waals surface area contributed by atoms with Crippen molar-refractivity contribution in [2.75, 3.05) is 13.7 Å². The first-order valence-electron chi connectivity index (χ1n) is 6.47. The zero-order valence-corrected chi connectivity index (χ0v) is 11.7. The fourth-order valence-electron chi connectivity index (χ4n) is 1.79. The van der Waals surface area contributed by atoms with E-state index in [9.17, 15) is 4.39 Å². The number of ether oxygens (including phenoxy) is 2. The average molecular weight is 285 g/mol. The monoisotopic (exact) mass is 285 g/mol. The van der Waals surface area contributed by atoms with Crippen molar-refractivity contribution >= 4 is 0 Å². The molecular formula is C17H16FNO2. The highest BCUT2D eigenvalue weighted by atomic mass is 19.1. The van der Waals surface area contributed by atoms with Gasteiger partial charge in [-0.05, 0) is 29.8 Å². The number of benzene rings is 2. The molecule has 0 aliphatic carbocycles. The maximum absolute atomic E-state index is 13.3. The summed E-state index contributed by atoms with van der Waals surface area (Å²) in [5.74, 6) is 6.39. The van der Waals surface area contributed by atoms with Crippen molar-refractivity contribution in [1.82, 2.24) is 0 Å².